The summed E-state index contributed by atoms with van der Waals surface area (Å²) in [4.78, 5) is 0. The standard InChI is InChI=1S/C15H19NO2/c1-11-6-7-15(18-3)13(9-11)10-16-8-4-5-14(16)12(2)17/h4-9,12,17H,10H2,1-3H3. The van der Waals surface area contributed by atoms with Gasteiger partial charge >= 0.3 is 0 Å². The van der Waals surface area contributed by atoms with Crippen LogP contribution in [0.5, 0.6) is 5.75 Å². The molecule has 2 rings (SSSR count). The zero-order valence-electron chi connectivity index (χ0n) is 11.1. The molecule has 0 spiro atoms. The van der Waals surface area contributed by atoms with E-state index in [1.54, 1.807) is 14.0 Å². The average molecular weight is 245 g/mol. The number of ether oxygens (including phenoxy) is 1. The Balaban J connectivity index is 2.33. The van der Waals surface area contributed by atoms with Gasteiger partial charge in [0.2, 0.25) is 0 Å². The molecule has 0 saturated carbocycles. The summed E-state index contributed by atoms with van der Waals surface area (Å²) < 4.78 is 7.42. The number of rotatable bonds is 4. The van der Waals surface area contributed by atoms with Gasteiger partial charge in [-0.15, -0.1) is 0 Å². The SMILES string of the molecule is COc1ccc(C)cc1Cn1cccc1C(C)O. The van der Waals surface area contributed by atoms with E-state index in [0.29, 0.717) is 6.54 Å². The van der Waals surface area contributed by atoms with E-state index >= 15 is 0 Å². The number of aryl methyl sites for hydroxylation is 1. The third-order valence-electron chi connectivity index (χ3n) is 3.07. The summed E-state index contributed by atoms with van der Waals surface area (Å²) in [5.41, 5.74) is 3.24. The highest BCUT2D eigenvalue weighted by atomic mass is 16.5. The van der Waals surface area contributed by atoms with Crippen molar-refractivity contribution in [2.45, 2.75) is 26.5 Å². The van der Waals surface area contributed by atoms with Crippen molar-refractivity contribution in [2.24, 2.45) is 0 Å². The predicted molar refractivity (Wildman–Crippen MR) is 71.9 cm³/mol. The van der Waals surface area contributed by atoms with E-state index in [0.717, 1.165) is 17.0 Å². The van der Waals surface area contributed by atoms with Gasteiger partial charge in [0.25, 0.3) is 0 Å². The fourth-order valence-corrected chi connectivity index (χ4v) is 2.17. The van der Waals surface area contributed by atoms with Crippen LogP contribution in [0.2, 0.25) is 0 Å². The normalized spacial score (nSPS) is 12.4. The van der Waals surface area contributed by atoms with E-state index < -0.39 is 6.10 Å². The minimum Gasteiger partial charge on any atom is -0.496 e. The van der Waals surface area contributed by atoms with Gasteiger partial charge in [-0.2, -0.15) is 0 Å². The lowest BCUT2D eigenvalue weighted by molar-refractivity contribution is 0.189. The van der Waals surface area contributed by atoms with Gasteiger partial charge in [0.1, 0.15) is 5.75 Å². The van der Waals surface area contributed by atoms with Crippen LogP contribution in [0, 0.1) is 6.92 Å². The number of aliphatic hydroxyl groups is 1. The van der Waals surface area contributed by atoms with Gasteiger partial charge in [-0.25, -0.2) is 0 Å². The van der Waals surface area contributed by atoms with Gasteiger partial charge in [0.05, 0.1) is 19.8 Å². The molecule has 3 nitrogen and oxygen atoms in total. The largest absolute Gasteiger partial charge is 0.496 e. The third kappa shape index (κ3) is 2.57. The van der Waals surface area contributed by atoms with Crippen LogP contribution in [0.4, 0.5) is 0 Å². The number of aromatic nitrogens is 1. The maximum Gasteiger partial charge on any atom is 0.123 e. The Hall–Kier alpha value is -1.74. The molecule has 0 bridgehead atoms. The number of aliphatic hydroxyl groups excluding tert-OH is 1. The van der Waals surface area contributed by atoms with E-state index in [4.69, 9.17) is 4.74 Å². The molecule has 0 radical (unpaired) electrons. The van der Waals surface area contributed by atoms with Crippen LogP contribution >= 0.6 is 0 Å². The number of nitrogens with zero attached hydrogens (tertiary/aromatic N) is 1. The fourth-order valence-electron chi connectivity index (χ4n) is 2.17. The van der Waals surface area contributed by atoms with Gasteiger partial charge in [0.15, 0.2) is 0 Å². The Morgan fingerprint density at radius 3 is 2.78 bits per heavy atom. The summed E-state index contributed by atoms with van der Waals surface area (Å²) in [5, 5.41) is 9.70. The maximum absolute atomic E-state index is 9.70. The van der Waals surface area contributed by atoms with E-state index in [2.05, 4.69) is 13.0 Å². The number of benzene rings is 1. The second-order valence-electron chi connectivity index (χ2n) is 4.55. The van der Waals surface area contributed by atoms with Gasteiger partial charge < -0.3 is 14.4 Å². The van der Waals surface area contributed by atoms with Crippen molar-refractivity contribution in [1.29, 1.82) is 0 Å². The second kappa shape index (κ2) is 5.27. The molecule has 1 aromatic carbocycles. The highest BCUT2D eigenvalue weighted by Gasteiger charge is 2.09. The molecule has 18 heavy (non-hydrogen) atoms. The average Bonchev–Trinajstić information content (AvgIpc) is 2.77. The van der Waals surface area contributed by atoms with Crippen LogP contribution in [0.3, 0.4) is 0 Å². The Bertz CT molecular complexity index is 529. The van der Waals surface area contributed by atoms with Crippen LogP contribution < -0.4 is 4.74 Å². The van der Waals surface area contributed by atoms with E-state index in [-0.39, 0.29) is 0 Å². The minimum absolute atomic E-state index is 0.462. The van der Waals surface area contributed by atoms with Crippen molar-refractivity contribution < 1.29 is 9.84 Å². The summed E-state index contributed by atoms with van der Waals surface area (Å²) in [6.45, 7) is 4.55. The van der Waals surface area contributed by atoms with Crippen molar-refractivity contribution in [3.8, 4) is 5.75 Å². The monoisotopic (exact) mass is 245 g/mol. The van der Waals surface area contributed by atoms with Gasteiger partial charge in [-0.1, -0.05) is 17.7 Å². The first-order chi connectivity index (χ1) is 8.61. The highest BCUT2D eigenvalue weighted by Crippen LogP contribution is 2.22. The van der Waals surface area contributed by atoms with Crippen molar-refractivity contribution >= 4 is 0 Å². The number of hydrogen-bond acceptors (Lipinski definition) is 2. The van der Waals surface area contributed by atoms with Crippen molar-refractivity contribution in [3.63, 3.8) is 0 Å². The topological polar surface area (TPSA) is 34.4 Å². The molecule has 0 saturated heterocycles. The van der Waals surface area contributed by atoms with Crippen molar-refractivity contribution in [2.75, 3.05) is 7.11 Å². The molecular formula is C15H19NO2. The number of methoxy groups -OCH3 is 1. The molecule has 0 amide bonds. The Kier molecular flexibility index (Phi) is 3.72. The lowest BCUT2D eigenvalue weighted by Crippen LogP contribution is -2.07. The quantitative estimate of drug-likeness (QED) is 0.898. The van der Waals surface area contributed by atoms with Crippen LogP contribution in [-0.4, -0.2) is 16.8 Å². The molecule has 0 aliphatic rings. The summed E-state index contributed by atoms with van der Waals surface area (Å²) >= 11 is 0. The lowest BCUT2D eigenvalue weighted by atomic mass is 10.1. The van der Waals surface area contributed by atoms with Crippen LogP contribution in [0.15, 0.2) is 36.5 Å². The fraction of sp³-hybridized carbons (Fsp3) is 0.333. The first-order valence-electron chi connectivity index (χ1n) is 6.08. The Labute approximate surface area is 108 Å². The van der Waals surface area contributed by atoms with Gasteiger partial charge in [0, 0.05) is 17.5 Å². The molecule has 1 aromatic heterocycles. The Morgan fingerprint density at radius 2 is 2.11 bits per heavy atom. The van der Waals surface area contributed by atoms with Crippen molar-refractivity contribution in [1.82, 2.24) is 4.57 Å². The molecule has 0 aliphatic heterocycles. The second-order valence-corrected chi connectivity index (χ2v) is 4.55. The molecule has 0 fully saturated rings. The summed E-state index contributed by atoms with van der Waals surface area (Å²) in [7, 11) is 1.68. The zero-order chi connectivity index (χ0) is 13.1. The van der Waals surface area contributed by atoms with Gasteiger partial charge in [-0.05, 0) is 32.0 Å². The lowest BCUT2D eigenvalue weighted by Gasteiger charge is -2.14. The van der Waals surface area contributed by atoms with Crippen molar-refractivity contribution in [3.05, 3.63) is 53.3 Å². The number of hydrogen-bond donors (Lipinski definition) is 1. The summed E-state index contributed by atoms with van der Waals surface area (Å²) in [5.74, 6) is 0.880. The van der Waals surface area contributed by atoms with Crippen LogP contribution in [-0.2, 0) is 6.54 Å². The van der Waals surface area contributed by atoms with Gasteiger partial charge in [-0.3, -0.25) is 0 Å². The molecule has 1 atom stereocenters. The van der Waals surface area contributed by atoms with Crippen LogP contribution in [0.1, 0.15) is 29.8 Å². The smallest absolute Gasteiger partial charge is 0.123 e. The maximum atomic E-state index is 9.70. The summed E-state index contributed by atoms with van der Waals surface area (Å²) in [6, 6.07) is 10.0. The first-order valence-corrected chi connectivity index (χ1v) is 6.08. The molecule has 2 aromatic rings. The third-order valence-corrected chi connectivity index (χ3v) is 3.07. The molecule has 96 valence electrons. The molecule has 1 unspecified atom stereocenters. The van der Waals surface area contributed by atoms with E-state index in [1.807, 2.05) is 35.0 Å². The highest BCUT2D eigenvalue weighted by molar-refractivity contribution is 5.37. The molecule has 0 aliphatic carbocycles. The van der Waals surface area contributed by atoms with Crippen LogP contribution in [0.25, 0.3) is 0 Å². The molecular weight excluding hydrogens is 226 g/mol. The Morgan fingerprint density at radius 1 is 1.33 bits per heavy atom. The predicted octanol–water partition coefficient (Wildman–Crippen LogP) is 2.91. The van der Waals surface area contributed by atoms with E-state index in [9.17, 15) is 5.11 Å². The summed E-state index contributed by atoms with van der Waals surface area (Å²) in [6.07, 6.45) is 1.51. The molecule has 1 N–H and O–H groups in total. The molecule has 1 heterocycles. The zero-order valence-corrected chi connectivity index (χ0v) is 11.1. The minimum atomic E-state index is -0.462. The first kappa shape index (κ1) is 12.7. The van der Waals surface area contributed by atoms with E-state index in [1.165, 1.54) is 5.56 Å². The molecule has 3 heteroatoms.